The normalized spacial score (nSPS) is 17.8. The number of hydrogen-bond acceptors (Lipinski definition) is 4. The molecular formula is C13H10N2O2S. The van der Waals surface area contributed by atoms with Gasteiger partial charge < -0.3 is 5.73 Å². The smallest absolute Gasteiger partial charge is 0.219 e. The van der Waals surface area contributed by atoms with Crippen LogP contribution in [0.3, 0.4) is 0 Å². The van der Waals surface area contributed by atoms with Gasteiger partial charge in [0.1, 0.15) is 4.86 Å². The summed E-state index contributed by atoms with van der Waals surface area (Å²) in [7, 11) is -2.34. The number of hydrogen-bond donors (Lipinski definition) is 1. The lowest BCUT2D eigenvalue weighted by atomic mass is 9.97. The van der Waals surface area contributed by atoms with Gasteiger partial charge in [0.15, 0.2) is 0 Å². The van der Waals surface area contributed by atoms with E-state index in [-0.39, 0.29) is 4.86 Å². The van der Waals surface area contributed by atoms with Crippen molar-refractivity contribution in [1.29, 1.82) is 0 Å². The number of benzene rings is 1. The van der Waals surface area contributed by atoms with E-state index >= 15 is 0 Å². The van der Waals surface area contributed by atoms with Crippen molar-refractivity contribution >= 4 is 32.1 Å². The van der Waals surface area contributed by atoms with Crippen LogP contribution in [-0.2, 0) is 10.3 Å². The molecule has 2 aromatic rings. The molecule has 1 aliphatic carbocycles. The van der Waals surface area contributed by atoms with Crippen LogP contribution in [0.2, 0.25) is 0 Å². The highest BCUT2D eigenvalue weighted by Gasteiger charge is 2.21. The molecule has 1 aliphatic rings. The van der Waals surface area contributed by atoms with E-state index in [1.807, 2.05) is 30.3 Å². The van der Waals surface area contributed by atoms with E-state index in [1.165, 1.54) is 0 Å². The van der Waals surface area contributed by atoms with Crippen LogP contribution in [0.1, 0.15) is 11.3 Å². The number of nitrogens with two attached hydrogens (primary N) is 1. The van der Waals surface area contributed by atoms with E-state index in [2.05, 4.69) is 4.98 Å². The van der Waals surface area contributed by atoms with Gasteiger partial charge in [-0.05, 0) is 18.2 Å². The van der Waals surface area contributed by atoms with Gasteiger partial charge in [-0.2, -0.15) is 8.42 Å². The van der Waals surface area contributed by atoms with Crippen molar-refractivity contribution in [2.45, 2.75) is 6.04 Å². The second-order valence-electron chi connectivity index (χ2n) is 4.10. The maximum atomic E-state index is 11.3. The maximum absolute atomic E-state index is 11.3. The molecule has 3 rings (SSSR count). The first kappa shape index (κ1) is 11.1. The summed E-state index contributed by atoms with van der Waals surface area (Å²) >= 11 is 0. The summed E-state index contributed by atoms with van der Waals surface area (Å²) in [6.45, 7) is 0. The summed E-state index contributed by atoms with van der Waals surface area (Å²) < 4.78 is 22.6. The van der Waals surface area contributed by atoms with Crippen molar-refractivity contribution in [3.8, 4) is 0 Å². The fourth-order valence-electron chi connectivity index (χ4n) is 2.12. The lowest BCUT2D eigenvalue weighted by Gasteiger charge is -2.16. The molecule has 0 radical (unpaired) electrons. The first-order valence-electron chi connectivity index (χ1n) is 5.47. The van der Waals surface area contributed by atoms with Crippen molar-refractivity contribution in [2.24, 2.45) is 5.73 Å². The van der Waals surface area contributed by atoms with Crippen molar-refractivity contribution in [3.63, 3.8) is 0 Å². The van der Waals surface area contributed by atoms with Gasteiger partial charge in [-0.3, -0.25) is 0 Å². The molecule has 1 aromatic heterocycles. The summed E-state index contributed by atoms with van der Waals surface area (Å²) in [5, 5.41) is 0.904. The molecule has 0 aliphatic heterocycles. The number of rotatable bonds is 0. The zero-order chi connectivity index (χ0) is 12.7. The molecule has 4 nitrogen and oxygen atoms in total. The van der Waals surface area contributed by atoms with Crippen molar-refractivity contribution < 1.29 is 8.42 Å². The second kappa shape index (κ2) is 4.04. The van der Waals surface area contributed by atoms with Crippen LogP contribution < -0.4 is 5.73 Å². The molecule has 1 unspecified atom stereocenters. The summed E-state index contributed by atoms with van der Waals surface area (Å²) in [5.74, 6) is 0. The van der Waals surface area contributed by atoms with Crippen molar-refractivity contribution in [3.05, 3.63) is 47.7 Å². The highest BCUT2D eigenvalue weighted by atomic mass is 32.2. The number of nitrogens with zero attached hydrogens (tertiary/aromatic N) is 1. The van der Waals surface area contributed by atoms with E-state index in [0.29, 0.717) is 11.3 Å². The Labute approximate surface area is 105 Å². The van der Waals surface area contributed by atoms with Gasteiger partial charge in [0.2, 0.25) is 10.3 Å². The van der Waals surface area contributed by atoms with Crippen LogP contribution in [0.25, 0.3) is 17.0 Å². The Balaban J connectivity index is 2.42. The topological polar surface area (TPSA) is 73.0 Å². The van der Waals surface area contributed by atoms with E-state index in [1.54, 1.807) is 12.2 Å². The standard InChI is InChI=1S/C13H10N2O2S/c14-10-5-6-12-9(13(10)18(16)17)7-8-3-1-2-4-11(8)15-12/h1-7,10H,14H2. The third-order valence-electron chi connectivity index (χ3n) is 2.96. The fraction of sp³-hybridized carbons (Fsp3) is 0.0769. The quantitative estimate of drug-likeness (QED) is 0.715. The first-order valence-corrected chi connectivity index (χ1v) is 6.54. The summed E-state index contributed by atoms with van der Waals surface area (Å²) in [4.78, 5) is 4.65. The van der Waals surface area contributed by atoms with Crippen molar-refractivity contribution in [1.82, 2.24) is 4.98 Å². The van der Waals surface area contributed by atoms with E-state index in [4.69, 9.17) is 5.73 Å². The molecule has 0 fully saturated rings. The molecule has 5 heteroatoms. The van der Waals surface area contributed by atoms with Gasteiger partial charge in [0.25, 0.3) is 0 Å². The number of fused-ring (bicyclic) bond motifs is 2. The Hall–Kier alpha value is -1.98. The van der Waals surface area contributed by atoms with Gasteiger partial charge in [-0.15, -0.1) is 0 Å². The van der Waals surface area contributed by atoms with Gasteiger partial charge in [-0.25, -0.2) is 4.98 Å². The van der Waals surface area contributed by atoms with Crippen LogP contribution in [0.4, 0.5) is 0 Å². The highest BCUT2D eigenvalue weighted by Crippen LogP contribution is 2.22. The van der Waals surface area contributed by atoms with Crippen LogP contribution in [-0.4, -0.2) is 24.3 Å². The first-order chi connectivity index (χ1) is 8.66. The highest BCUT2D eigenvalue weighted by molar-refractivity contribution is 7.73. The Morgan fingerprint density at radius 3 is 2.78 bits per heavy atom. The summed E-state index contributed by atoms with van der Waals surface area (Å²) in [6, 6.07) is 8.81. The lowest BCUT2D eigenvalue weighted by molar-refractivity contribution is 0.626. The molecule has 0 bridgehead atoms. The number of aromatic nitrogens is 1. The predicted octanol–water partition coefficient (Wildman–Crippen LogP) is 0.989. The van der Waals surface area contributed by atoms with Gasteiger partial charge in [0, 0.05) is 10.9 Å². The Kier molecular flexibility index (Phi) is 2.50. The van der Waals surface area contributed by atoms with Crippen LogP contribution in [0.15, 0.2) is 36.4 Å². The van der Waals surface area contributed by atoms with Gasteiger partial charge >= 0.3 is 0 Å². The minimum atomic E-state index is -2.34. The third kappa shape index (κ3) is 1.64. The Bertz CT molecular complexity index is 799. The molecule has 90 valence electrons. The molecule has 18 heavy (non-hydrogen) atoms. The molecule has 0 amide bonds. The zero-order valence-corrected chi connectivity index (χ0v) is 10.2. The molecule has 1 atom stereocenters. The predicted molar refractivity (Wildman–Crippen MR) is 71.8 cm³/mol. The fourth-order valence-corrected chi connectivity index (χ4v) is 2.76. The maximum Gasteiger partial charge on any atom is 0.219 e. The molecule has 0 saturated carbocycles. The molecule has 1 aromatic carbocycles. The van der Waals surface area contributed by atoms with Gasteiger partial charge in [0.05, 0.1) is 17.3 Å². The molecule has 1 heterocycles. The average molecular weight is 258 g/mol. The molecule has 2 N–H and O–H groups in total. The van der Waals surface area contributed by atoms with Crippen molar-refractivity contribution in [2.75, 3.05) is 0 Å². The number of pyridine rings is 1. The molecule has 0 saturated heterocycles. The Morgan fingerprint density at radius 2 is 2.00 bits per heavy atom. The number of para-hydroxylation sites is 1. The van der Waals surface area contributed by atoms with Gasteiger partial charge in [-0.1, -0.05) is 24.3 Å². The van der Waals surface area contributed by atoms with E-state index in [9.17, 15) is 8.42 Å². The zero-order valence-electron chi connectivity index (χ0n) is 9.37. The lowest BCUT2D eigenvalue weighted by Crippen LogP contribution is -2.32. The largest absolute Gasteiger partial charge is 0.320 e. The third-order valence-corrected chi connectivity index (χ3v) is 3.81. The van der Waals surface area contributed by atoms with E-state index < -0.39 is 16.3 Å². The van der Waals surface area contributed by atoms with Crippen LogP contribution in [0.5, 0.6) is 0 Å². The minimum Gasteiger partial charge on any atom is -0.320 e. The monoisotopic (exact) mass is 258 g/mol. The minimum absolute atomic E-state index is 0.200. The summed E-state index contributed by atoms with van der Waals surface area (Å²) in [6.07, 6.45) is 3.41. The van der Waals surface area contributed by atoms with Crippen LogP contribution in [0, 0.1) is 0 Å². The average Bonchev–Trinajstić information content (AvgIpc) is 2.36. The SMILES string of the molecule is NC1C=Cc2nc3ccccc3cc2C1=S(=O)=O. The molecule has 0 spiro atoms. The second-order valence-corrected chi connectivity index (χ2v) is 5.01. The summed E-state index contributed by atoms with van der Waals surface area (Å²) in [5.41, 5.74) is 7.88. The molecular weight excluding hydrogens is 248 g/mol. The van der Waals surface area contributed by atoms with E-state index in [0.717, 1.165) is 10.9 Å². The Morgan fingerprint density at radius 1 is 1.22 bits per heavy atom. The van der Waals surface area contributed by atoms with Crippen LogP contribution >= 0.6 is 0 Å².